The Bertz CT molecular complexity index is 566. The molecular formula is C13H13BrFNO3. The summed E-state index contributed by atoms with van der Waals surface area (Å²) in [6.07, 6.45) is -0.742. The number of anilines is 1. The first-order valence-electron chi connectivity index (χ1n) is 5.73. The quantitative estimate of drug-likeness (QED) is 0.732. The van der Waals surface area contributed by atoms with Crippen molar-refractivity contribution < 1.29 is 18.7 Å². The van der Waals surface area contributed by atoms with Crippen LogP contribution in [0.3, 0.4) is 0 Å². The number of benzene rings is 1. The Morgan fingerprint density at radius 1 is 1.42 bits per heavy atom. The molecule has 1 aromatic carbocycles. The molecule has 0 atom stereocenters. The Labute approximate surface area is 118 Å². The van der Waals surface area contributed by atoms with Crippen molar-refractivity contribution in [2.75, 3.05) is 4.90 Å². The first-order chi connectivity index (χ1) is 8.69. The second kappa shape index (κ2) is 4.59. The van der Waals surface area contributed by atoms with Gasteiger partial charge in [-0.2, -0.15) is 0 Å². The van der Waals surface area contributed by atoms with E-state index in [9.17, 15) is 14.0 Å². The highest BCUT2D eigenvalue weighted by molar-refractivity contribution is 9.10. The van der Waals surface area contributed by atoms with E-state index in [1.54, 1.807) is 20.8 Å². The Morgan fingerprint density at radius 2 is 2.05 bits per heavy atom. The summed E-state index contributed by atoms with van der Waals surface area (Å²) in [6, 6.07) is 2.67. The number of carbonyl (C=O) groups excluding carboxylic acids is 2. The summed E-state index contributed by atoms with van der Waals surface area (Å²) in [6.45, 7) is 5.15. The van der Waals surface area contributed by atoms with E-state index in [0.29, 0.717) is 11.3 Å². The lowest BCUT2D eigenvalue weighted by Gasteiger charge is -2.23. The second-order valence-corrected chi connectivity index (χ2v) is 6.14. The van der Waals surface area contributed by atoms with Gasteiger partial charge in [-0.15, -0.1) is 0 Å². The van der Waals surface area contributed by atoms with E-state index >= 15 is 0 Å². The second-order valence-electron chi connectivity index (χ2n) is 5.28. The monoisotopic (exact) mass is 329 g/mol. The molecule has 0 saturated carbocycles. The van der Waals surface area contributed by atoms with Gasteiger partial charge >= 0.3 is 6.09 Å². The van der Waals surface area contributed by atoms with Crippen molar-refractivity contribution in [3.63, 3.8) is 0 Å². The first-order valence-corrected chi connectivity index (χ1v) is 6.52. The van der Waals surface area contributed by atoms with Gasteiger partial charge in [0.25, 0.3) is 0 Å². The predicted octanol–water partition coefficient (Wildman–Crippen LogP) is 3.41. The van der Waals surface area contributed by atoms with Crippen molar-refractivity contribution in [1.82, 2.24) is 0 Å². The van der Waals surface area contributed by atoms with E-state index in [1.165, 1.54) is 12.1 Å². The molecule has 0 fully saturated rings. The number of amides is 2. The molecule has 2 rings (SSSR count). The molecule has 0 radical (unpaired) electrons. The summed E-state index contributed by atoms with van der Waals surface area (Å²) < 4.78 is 18.8. The number of halogens is 2. The van der Waals surface area contributed by atoms with Crippen LogP contribution in [0.1, 0.15) is 26.3 Å². The molecule has 1 heterocycles. The molecule has 19 heavy (non-hydrogen) atoms. The van der Waals surface area contributed by atoms with Crippen molar-refractivity contribution in [3.8, 4) is 0 Å². The number of nitrogens with zero attached hydrogens (tertiary/aromatic N) is 1. The van der Waals surface area contributed by atoms with Crippen molar-refractivity contribution in [2.45, 2.75) is 32.8 Å². The minimum atomic E-state index is -0.741. The van der Waals surface area contributed by atoms with Gasteiger partial charge < -0.3 is 4.74 Å². The minimum Gasteiger partial charge on any atom is -0.443 e. The Kier molecular flexibility index (Phi) is 3.38. The average Bonchev–Trinajstić information content (AvgIpc) is 2.52. The van der Waals surface area contributed by atoms with Gasteiger partial charge in [0.15, 0.2) is 0 Å². The van der Waals surface area contributed by atoms with Crippen molar-refractivity contribution in [1.29, 1.82) is 0 Å². The summed E-state index contributed by atoms with van der Waals surface area (Å²) in [4.78, 5) is 24.8. The van der Waals surface area contributed by atoms with Crippen LogP contribution in [0.5, 0.6) is 0 Å². The summed E-state index contributed by atoms with van der Waals surface area (Å²) in [5, 5.41) is 0. The normalized spacial score (nSPS) is 14.6. The zero-order valence-electron chi connectivity index (χ0n) is 10.8. The molecule has 1 aromatic rings. The van der Waals surface area contributed by atoms with Crippen LogP contribution in [0.4, 0.5) is 14.9 Å². The van der Waals surface area contributed by atoms with Crippen LogP contribution in [0.15, 0.2) is 16.6 Å². The fourth-order valence-corrected chi connectivity index (χ4v) is 2.14. The van der Waals surface area contributed by atoms with E-state index < -0.39 is 23.4 Å². The Balaban J connectivity index is 2.37. The van der Waals surface area contributed by atoms with Crippen LogP contribution in [-0.2, 0) is 16.0 Å². The predicted molar refractivity (Wildman–Crippen MR) is 71.5 cm³/mol. The molecule has 1 aliphatic rings. The third kappa shape index (κ3) is 2.78. The van der Waals surface area contributed by atoms with Gasteiger partial charge in [0, 0.05) is 0 Å². The molecular weight excluding hydrogens is 317 g/mol. The van der Waals surface area contributed by atoms with Gasteiger partial charge in [-0.3, -0.25) is 4.79 Å². The molecule has 0 aliphatic carbocycles. The maximum Gasteiger partial charge on any atom is 0.421 e. The first kappa shape index (κ1) is 14.0. The van der Waals surface area contributed by atoms with Crippen molar-refractivity contribution >= 4 is 33.6 Å². The fourth-order valence-electron chi connectivity index (χ4n) is 1.81. The highest BCUT2D eigenvalue weighted by Gasteiger charge is 2.36. The van der Waals surface area contributed by atoms with Crippen LogP contribution in [0.2, 0.25) is 0 Å². The zero-order valence-corrected chi connectivity index (χ0v) is 12.4. The lowest BCUT2D eigenvalue weighted by molar-refractivity contribution is -0.117. The molecule has 0 aromatic heterocycles. The number of rotatable bonds is 0. The maximum absolute atomic E-state index is 13.4. The smallest absolute Gasteiger partial charge is 0.421 e. The van der Waals surface area contributed by atoms with Crippen LogP contribution in [-0.4, -0.2) is 17.6 Å². The van der Waals surface area contributed by atoms with Crippen molar-refractivity contribution in [2.24, 2.45) is 0 Å². The average molecular weight is 330 g/mol. The van der Waals surface area contributed by atoms with E-state index in [4.69, 9.17) is 4.74 Å². The zero-order chi connectivity index (χ0) is 14.4. The van der Waals surface area contributed by atoms with E-state index in [1.807, 2.05) is 0 Å². The molecule has 6 heteroatoms. The molecule has 0 N–H and O–H groups in total. The Hall–Kier alpha value is -1.43. The molecule has 1 aliphatic heterocycles. The number of ether oxygens (including phenoxy) is 1. The van der Waals surface area contributed by atoms with Gasteiger partial charge in [-0.1, -0.05) is 0 Å². The number of carbonyl (C=O) groups is 2. The molecule has 0 bridgehead atoms. The van der Waals surface area contributed by atoms with Gasteiger partial charge in [0.05, 0.1) is 16.6 Å². The third-order valence-electron chi connectivity index (χ3n) is 2.53. The summed E-state index contributed by atoms with van der Waals surface area (Å²) in [5.41, 5.74) is 0.154. The summed E-state index contributed by atoms with van der Waals surface area (Å²) >= 11 is 3.04. The van der Waals surface area contributed by atoms with Crippen LogP contribution in [0.25, 0.3) is 0 Å². The van der Waals surface area contributed by atoms with E-state index in [2.05, 4.69) is 15.9 Å². The van der Waals surface area contributed by atoms with Gasteiger partial charge in [-0.25, -0.2) is 14.1 Å². The number of hydrogen-bond acceptors (Lipinski definition) is 3. The van der Waals surface area contributed by atoms with E-state index in [-0.39, 0.29) is 10.9 Å². The van der Waals surface area contributed by atoms with Gasteiger partial charge in [0.2, 0.25) is 5.91 Å². The molecule has 0 spiro atoms. The highest BCUT2D eigenvalue weighted by Crippen LogP contribution is 2.34. The van der Waals surface area contributed by atoms with Gasteiger partial charge in [-0.05, 0) is 54.4 Å². The third-order valence-corrected chi connectivity index (χ3v) is 3.14. The standard InChI is InChI=1S/C13H13BrFNO3/c1-13(2,3)19-12(18)16-10-6-8(14)9(15)4-7(10)5-11(16)17/h4,6H,5H2,1-3H3. The summed E-state index contributed by atoms with van der Waals surface area (Å²) in [7, 11) is 0. The van der Waals surface area contributed by atoms with Crippen molar-refractivity contribution in [3.05, 3.63) is 28.0 Å². The summed E-state index contributed by atoms with van der Waals surface area (Å²) in [5.74, 6) is -0.876. The number of fused-ring (bicyclic) bond motifs is 1. The topological polar surface area (TPSA) is 46.6 Å². The van der Waals surface area contributed by atoms with Gasteiger partial charge in [0.1, 0.15) is 11.4 Å². The highest BCUT2D eigenvalue weighted by atomic mass is 79.9. The SMILES string of the molecule is CC(C)(C)OC(=O)N1C(=O)Cc2cc(F)c(Br)cc21. The molecule has 2 amide bonds. The van der Waals surface area contributed by atoms with Crippen LogP contribution < -0.4 is 4.90 Å². The lowest BCUT2D eigenvalue weighted by Crippen LogP contribution is -2.38. The fraction of sp³-hybridized carbons (Fsp3) is 0.385. The lowest BCUT2D eigenvalue weighted by atomic mass is 10.1. The Morgan fingerprint density at radius 3 is 2.63 bits per heavy atom. The van der Waals surface area contributed by atoms with Crippen LogP contribution in [0, 0.1) is 5.82 Å². The molecule has 4 nitrogen and oxygen atoms in total. The molecule has 0 unspecified atom stereocenters. The van der Waals surface area contributed by atoms with E-state index in [0.717, 1.165) is 4.90 Å². The van der Waals surface area contributed by atoms with Crippen LogP contribution >= 0.6 is 15.9 Å². The number of imide groups is 1. The molecule has 0 saturated heterocycles. The maximum atomic E-state index is 13.4. The molecule has 102 valence electrons. The number of hydrogen-bond donors (Lipinski definition) is 0. The minimum absolute atomic E-state index is 0.00121. The largest absolute Gasteiger partial charge is 0.443 e.